The van der Waals surface area contributed by atoms with Gasteiger partial charge in [-0.1, -0.05) is 7.43 Å². The molecule has 3 heteroatoms. The van der Waals surface area contributed by atoms with Crippen molar-refractivity contribution in [1.29, 1.82) is 0 Å². The second-order valence-electron chi connectivity index (χ2n) is 0. The molecule has 0 radical (unpaired) electrons. The molecule has 0 heterocycles. The molecule has 0 aromatic rings. The van der Waals surface area contributed by atoms with Crippen molar-refractivity contribution in [2.45, 2.75) is 7.43 Å². The summed E-state index contributed by atoms with van der Waals surface area (Å²) < 4.78 is 0. The quantitative estimate of drug-likeness (QED) is 0.497. The number of hydrogen-bond acceptors (Lipinski definition) is 1. The summed E-state index contributed by atoms with van der Waals surface area (Å²) in [5.74, 6) is 0. The summed E-state index contributed by atoms with van der Waals surface area (Å²) in [5, 5.41) is 0. The number of hydrogen-bond donors (Lipinski definition) is 1. The maximum absolute atomic E-state index is 0. The maximum atomic E-state index is 0. The molecule has 0 aliphatic rings. The molecule has 0 aromatic heterocycles. The summed E-state index contributed by atoms with van der Waals surface area (Å²) in [6.07, 6.45) is 0. The minimum Gasteiger partial charge on any atom is -0.344 e. The third kappa shape index (κ3) is 11.9. The normalized spacial score (nSPS) is 0. The molecule has 0 aliphatic heterocycles. The van der Waals surface area contributed by atoms with Crippen LogP contribution in [0, 0.1) is 0 Å². The third-order valence-electron chi connectivity index (χ3n) is 0. The summed E-state index contributed by atoms with van der Waals surface area (Å²) in [6.45, 7) is 0. The Morgan fingerprint density at radius 3 is 1.00 bits per heavy atom. The van der Waals surface area contributed by atoms with Crippen LogP contribution in [0.2, 0.25) is 0 Å². The van der Waals surface area contributed by atoms with Crippen LogP contribution in [0.3, 0.4) is 0 Å². The van der Waals surface area contributed by atoms with E-state index >= 15 is 0 Å². The van der Waals surface area contributed by atoms with E-state index in [0.29, 0.717) is 0 Å². The fourth-order valence-electron chi connectivity index (χ4n) is 0. The van der Waals surface area contributed by atoms with E-state index in [9.17, 15) is 0 Å². The van der Waals surface area contributed by atoms with Gasteiger partial charge in [0.05, 0.1) is 0 Å². The molecule has 0 aromatic carbocycles. The van der Waals surface area contributed by atoms with E-state index in [0.717, 1.165) is 0 Å². The average molecular weight is 141 g/mol. The van der Waals surface area contributed by atoms with Crippen molar-refractivity contribution in [1.82, 2.24) is 6.15 Å². The molecule has 0 bridgehead atoms. The van der Waals surface area contributed by atoms with Crippen LogP contribution in [0.15, 0.2) is 0 Å². The van der Waals surface area contributed by atoms with Gasteiger partial charge in [0.15, 0.2) is 0 Å². The molecular formula is CH7CrFeN. The number of rotatable bonds is 0. The Labute approximate surface area is 48.3 Å². The third-order valence-corrected chi connectivity index (χ3v) is 0. The molecule has 0 amide bonds. The Morgan fingerprint density at radius 1 is 1.00 bits per heavy atom. The van der Waals surface area contributed by atoms with Crippen LogP contribution < -0.4 is 6.15 Å². The molecule has 0 rings (SSSR count). The van der Waals surface area contributed by atoms with Gasteiger partial charge in [0.1, 0.15) is 0 Å². The first-order valence-corrected chi connectivity index (χ1v) is 0. The van der Waals surface area contributed by atoms with Gasteiger partial charge < -0.3 is 6.15 Å². The standard InChI is InChI=1S/CH4.Cr.Fe.H3N/h1H4;;;1H3. The van der Waals surface area contributed by atoms with Crippen molar-refractivity contribution in [2.24, 2.45) is 0 Å². The summed E-state index contributed by atoms with van der Waals surface area (Å²) in [4.78, 5) is 0. The average Bonchev–Trinajstić information content (AvgIpc) is 0. The van der Waals surface area contributed by atoms with Crippen LogP contribution in [-0.2, 0) is 34.4 Å². The van der Waals surface area contributed by atoms with Gasteiger partial charge >= 0.3 is 0 Å². The van der Waals surface area contributed by atoms with E-state index in [4.69, 9.17) is 0 Å². The topological polar surface area (TPSA) is 35.0 Å². The molecule has 0 spiro atoms. The second-order valence-corrected chi connectivity index (χ2v) is 0. The second kappa shape index (κ2) is 35.5. The van der Waals surface area contributed by atoms with E-state index < -0.39 is 0 Å². The summed E-state index contributed by atoms with van der Waals surface area (Å²) in [5.41, 5.74) is 0. The van der Waals surface area contributed by atoms with Gasteiger partial charge in [0, 0.05) is 34.4 Å². The molecule has 0 atom stereocenters. The van der Waals surface area contributed by atoms with Crippen molar-refractivity contribution in [2.75, 3.05) is 0 Å². The molecule has 30 valence electrons. The predicted molar refractivity (Wildman–Crippen MR) is 11.8 cm³/mol. The molecule has 4 heavy (non-hydrogen) atoms. The molecule has 0 saturated carbocycles. The molecule has 0 fully saturated rings. The van der Waals surface area contributed by atoms with Gasteiger partial charge in [-0.3, -0.25) is 0 Å². The van der Waals surface area contributed by atoms with E-state index in [1.54, 1.807) is 0 Å². The Hall–Kier alpha value is 1.01. The predicted octanol–water partition coefficient (Wildman–Crippen LogP) is 0.793. The van der Waals surface area contributed by atoms with Crippen molar-refractivity contribution >= 4 is 0 Å². The zero-order chi connectivity index (χ0) is 0. The SMILES string of the molecule is C.N.[Cr].[Fe]. The van der Waals surface area contributed by atoms with Gasteiger partial charge in [-0.2, -0.15) is 0 Å². The van der Waals surface area contributed by atoms with Gasteiger partial charge in [-0.25, -0.2) is 0 Å². The first-order chi connectivity index (χ1) is 0. The van der Waals surface area contributed by atoms with Crippen molar-refractivity contribution < 1.29 is 34.4 Å². The van der Waals surface area contributed by atoms with E-state index in [2.05, 4.69) is 0 Å². The van der Waals surface area contributed by atoms with Crippen LogP contribution >= 0.6 is 0 Å². The fraction of sp³-hybridized carbons (Fsp3) is 1.00. The van der Waals surface area contributed by atoms with Gasteiger partial charge in [-0.15, -0.1) is 0 Å². The van der Waals surface area contributed by atoms with Gasteiger partial charge in [-0.05, 0) is 0 Å². The largest absolute Gasteiger partial charge is 0.344 e. The van der Waals surface area contributed by atoms with Gasteiger partial charge in [0.25, 0.3) is 0 Å². The Morgan fingerprint density at radius 2 is 1.00 bits per heavy atom. The first-order valence-electron chi connectivity index (χ1n) is 0. The Kier molecular flexibility index (Phi) is 700. The molecule has 3 N–H and O–H groups in total. The van der Waals surface area contributed by atoms with Crippen molar-refractivity contribution in [3.63, 3.8) is 0 Å². The molecular weight excluding hydrogens is 134 g/mol. The van der Waals surface area contributed by atoms with Gasteiger partial charge in [0.2, 0.25) is 0 Å². The fourth-order valence-corrected chi connectivity index (χ4v) is 0. The van der Waals surface area contributed by atoms with E-state index in [-0.39, 0.29) is 48.0 Å². The molecule has 1 nitrogen and oxygen atoms in total. The Bertz CT molecular complexity index is 8.00. The van der Waals surface area contributed by atoms with E-state index in [1.807, 2.05) is 0 Å². The summed E-state index contributed by atoms with van der Waals surface area (Å²) in [6, 6.07) is 0. The van der Waals surface area contributed by atoms with Crippen molar-refractivity contribution in [3.8, 4) is 0 Å². The zero-order valence-corrected chi connectivity index (χ0v) is 3.85. The van der Waals surface area contributed by atoms with Crippen LogP contribution in [0.25, 0.3) is 0 Å². The van der Waals surface area contributed by atoms with E-state index in [1.165, 1.54) is 0 Å². The van der Waals surface area contributed by atoms with Crippen LogP contribution in [0.4, 0.5) is 0 Å². The zero-order valence-electron chi connectivity index (χ0n) is 1.47. The summed E-state index contributed by atoms with van der Waals surface area (Å²) in [7, 11) is 0. The monoisotopic (exact) mass is 141 g/mol. The first kappa shape index (κ1) is 78.8. The molecule has 0 unspecified atom stereocenters. The van der Waals surface area contributed by atoms with Crippen LogP contribution in [0.1, 0.15) is 7.43 Å². The minimum atomic E-state index is 0. The smallest absolute Gasteiger partial charge is 0 e. The van der Waals surface area contributed by atoms with Crippen LogP contribution in [0.5, 0.6) is 0 Å². The maximum Gasteiger partial charge on any atom is 0 e. The minimum absolute atomic E-state index is 0. The molecule has 0 aliphatic carbocycles. The van der Waals surface area contributed by atoms with Crippen LogP contribution in [-0.4, -0.2) is 0 Å². The Balaban J connectivity index is 0. The molecule has 0 saturated heterocycles. The van der Waals surface area contributed by atoms with Crippen molar-refractivity contribution in [3.05, 3.63) is 0 Å². The summed E-state index contributed by atoms with van der Waals surface area (Å²) >= 11 is 0.